The summed E-state index contributed by atoms with van der Waals surface area (Å²) < 4.78 is 27.3. The van der Waals surface area contributed by atoms with Gasteiger partial charge in [0, 0.05) is 25.1 Å². The van der Waals surface area contributed by atoms with Crippen molar-refractivity contribution < 1.29 is 13.6 Å². The predicted molar refractivity (Wildman–Crippen MR) is 118 cm³/mol. The van der Waals surface area contributed by atoms with Gasteiger partial charge in [-0.25, -0.2) is 0 Å². The van der Waals surface area contributed by atoms with Gasteiger partial charge in [0.25, 0.3) is 0 Å². The van der Waals surface area contributed by atoms with E-state index >= 15 is 0 Å². The molecule has 7 heteroatoms. The van der Waals surface area contributed by atoms with Crippen LogP contribution in [0.2, 0.25) is 0 Å². The number of nitrogen functional groups attached to an aromatic ring is 1. The third kappa shape index (κ3) is 4.47. The molecule has 0 aliphatic heterocycles. The number of anilines is 1. The van der Waals surface area contributed by atoms with E-state index in [-0.39, 0.29) is 0 Å². The van der Waals surface area contributed by atoms with Crippen LogP contribution in [0, 0.1) is 0 Å². The van der Waals surface area contributed by atoms with Crippen LogP contribution in [-0.4, -0.2) is 13.2 Å². The van der Waals surface area contributed by atoms with E-state index in [0.717, 1.165) is 25.0 Å². The van der Waals surface area contributed by atoms with Gasteiger partial charge in [0.1, 0.15) is 5.66 Å². The molecule has 3 rings (SSSR count). The number of hydrogen-bond donors (Lipinski definition) is 1. The average Bonchev–Trinajstić information content (AvgIpc) is 2.97. The van der Waals surface area contributed by atoms with Gasteiger partial charge in [0.05, 0.1) is 13.2 Å². The Balaban J connectivity index is 2.13. The van der Waals surface area contributed by atoms with Gasteiger partial charge in [0.15, 0.2) is 0 Å². The summed E-state index contributed by atoms with van der Waals surface area (Å²) in [5.74, 6) is 0. The summed E-state index contributed by atoms with van der Waals surface area (Å²) in [5, 5.41) is 1.11. The topological polar surface area (TPSA) is 61.5 Å². The van der Waals surface area contributed by atoms with Crippen molar-refractivity contribution in [3.8, 4) is 0 Å². The molecule has 0 amide bonds. The molecule has 0 aliphatic rings. The second-order valence-corrected chi connectivity index (χ2v) is 10.2. The van der Waals surface area contributed by atoms with Crippen LogP contribution in [0.4, 0.5) is 5.69 Å². The molecule has 0 bridgehead atoms. The maximum atomic E-state index is 13.7. The van der Waals surface area contributed by atoms with Crippen LogP contribution in [0.3, 0.4) is 0 Å². The molecule has 2 N–H and O–H groups in total. The van der Waals surface area contributed by atoms with Crippen LogP contribution >= 0.6 is 34.9 Å². The highest BCUT2D eigenvalue weighted by atomic mass is 79.9. The Labute approximate surface area is 172 Å². The minimum absolute atomic E-state index is 0.327. The zero-order valence-corrected chi connectivity index (χ0v) is 18.6. The molecule has 4 nitrogen and oxygen atoms in total. The molecule has 0 spiro atoms. The number of thiophene rings is 1. The molecule has 0 saturated carbocycles. The van der Waals surface area contributed by atoms with Crippen molar-refractivity contribution in [2.24, 2.45) is 0 Å². The van der Waals surface area contributed by atoms with E-state index in [0.29, 0.717) is 25.3 Å². The van der Waals surface area contributed by atoms with Crippen LogP contribution in [0.25, 0.3) is 10.1 Å². The number of rotatable bonds is 8. The van der Waals surface area contributed by atoms with Gasteiger partial charge in [-0.2, -0.15) is 0 Å². The SMILES string of the molecule is CCOP(=O)(OCC)C(Cc1cccc(N)c1)c1sc2ccccc2c1Br. The number of hydrogen-bond acceptors (Lipinski definition) is 5. The summed E-state index contributed by atoms with van der Waals surface area (Å²) >= 11 is 5.35. The van der Waals surface area contributed by atoms with Gasteiger partial charge < -0.3 is 14.8 Å². The van der Waals surface area contributed by atoms with Crippen LogP contribution < -0.4 is 5.73 Å². The second-order valence-electron chi connectivity index (χ2n) is 6.12. The first-order chi connectivity index (χ1) is 13.0. The lowest BCUT2D eigenvalue weighted by Gasteiger charge is -2.26. The van der Waals surface area contributed by atoms with Gasteiger partial charge in [-0.15, -0.1) is 11.3 Å². The number of halogens is 1. The molecule has 1 heterocycles. The van der Waals surface area contributed by atoms with Crippen LogP contribution in [0.5, 0.6) is 0 Å². The lowest BCUT2D eigenvalue weighted by atomic mass is 10.1. The van der Waals surface area contributed by atoms with E-state index < -0.39 is 13.3 Å². The Kier molecular flexibility index (Phi) is 6.77. The number of nitrogens with two attached hydrogens (primary N) is 1. The predicted octanol–water partition coefficient (Wildman–Crippen LogP) is 6.80. The quantitative estimate of drug-likeness (QED) is 0.292. The van der Waals surface area contributed by atoms with Gasteiger partial charge in [-0.1, -0.05) is 30.3 Å². The van der Waals surface area contributed by atoms with Gasteiger partial charge in [-0.05, 0) is 60.0 Å². The monoisotopic (exact) mass is 467 g/mol. The van der Waals surface area contributed by atoms with Crippen LogP contribution in [0.15, 0.2) is 53.0 Å². The van der Waals surface area contributed by atoms with Crippen molar-refractivity contribution in [1.82, 2.24) is 0 Å². The molecule has 2 aromatic carbocycles. The zero-order valence-electron chi connectivity index (χ0n) is 15.4. The Hall–Kier alpha value is -1.17. The first kappa shape index (κ1) is 20.6. The smallest absolute Gasteiger partial charge is 0.339 e. The fourth-order valence-electron chi connectivity index (χ4n) is 3.12. The van der Waals surface area contributed by atoms with E-state index in [1.165, 1.54) is 0 Å². The fraction of sp³-hybridized carbons (Fsp3) is 0.300. The summed E-state index contributed by atoms with van der Waals surface area (Å²) in [6.45, 7) is 4.33. The van der Waals surface area contributed by atoms with E-state index in [2.05, 4.69) is 28.1 Å². The molecule has 0 saturated heterocycles. The molecular weight excluding hydrogens is 445 g/mol. The highest BCUT2D eigenvalue weighted by Gasteiger charge is 2.39. The summed E-state index contributed by atoms with van der Waals surface area (Å²) in [6.07, 6.45) is 0.522. The van der Waals surface area contributed by atoms with E-state index in [1.54, 1.807) is 11.3 Å². The Bertz CT molecular complexity index is 965. The molecule has 1 atom stereocenters. The molecule has 0 fully saturated rings. The van der Waals surface area contributed by atoms with Crippen LogP contribution in [0.1, 0.15) is 29.9 Å². The zero-order chi connectivity index (χ0) is 19.4. The Morgan fingerprint density at radius 2 is 1.81 bits per heavy atom. The third-order valence-corrected chi connectivity index (χ3v) is 9.26. The molecule has 144 valence electrons. The van der Waals surface area contributed by atoms with Crippen molar-refractivity contribution in [3.05, 3.63) is 63.4 Å². The Morgan fingerprint density at radius 3 is 2.44 bits per heavy atom. The standard InChI is InChI=1S/C20H23BrNO3PS/c1-3-24-26(23,25-4-2)17(13-14-8-7-9-15(22)12-14)20-19(21)16-10-5-6-11-18(16)27-20/h5-12,17H,3-4,13,22H2,1-2H3. The summed E-state index contributed by atoms with van der Waals surface area (Å²) in [4.78, 5) is 0.976. The van der Waals surface area contributed by atoms with E-state index in [9.17, 15) is 4.57 Å². The lowest BCUT2D eigenvalue weighted by molar-refractivity contribution is 0.212. The van der Waals surface area contributed by atoms with Gasteiger partial charge in [0.2, 0.25) is 0 Å². The van der Waals surface area contributed by atoms with E-state index in [4.69, 9.17) is 14.8 Å². The van der Waals surface area contributed by atoms with Crippen molar-refractivity contribution >= 4 is 50.6 Å². The Morgan fingerprint density at radius 1 is 1.11 bits per heavy atom. The molecule has 0 aliphatic carbocycles. The second kappa shape index (κ2) is 8.89. The van der Waals surface area contributed by atoms with Crippen molar-refractivity contribution in [1.29, 1.82) is 0 Å². The first-order valence-electron chi connectivity index (χ1n) is 8.88. The molecule has 27 heavy (non-hydrogen) atoms. The molecule has 1 aromatic heterocycles. The minimum Gasteiger partial charge on any atom is -0.399 e. The van der Waals surface area contributed by atoms with Gasteiger partial charge in [-0.3, -0.25) is 4.57 Å². The molecule has 1 unspecified atom stereocenters. The maximum absolute atomic E-state index is 13.7. The van der Waals surface area contributed by atoms with E-state index in [1.807, 2.05) is 50.2 Å². The number of fused-ring (bicyclic) bond motifs is 1. The van der Waals surface area contributed by atoms with Crippen molar-refractivity contribution in [2.75, 3.05) is 18.9 Å². The third-order valence-electron chi connectivity index (χ3n) is 4.24. The molecule has 0 radical (unpaired) electrons. The summed E-state index contributed by atoms with van der Waals surface area (Å²) in [7, 11) is -3.37. The highest BCUT2D eigenvalue weighted by Crippen LogP contribution is 2.64. The van der Waals surface area contributed by atoms with Gasteiger partial charge >= 0.3 is 7.60 Å². The molecule has 3 aromatic rings. The summed E-state index contributed by atoms with van der Waals surface area (Å²) in [5.41, 5.74) is 7.23. The first-order valence-corrected chi connectivity index (χ1v) is 12.1. The van der Waals surface area contributed by atoms with Crippen molar-refractivity contribution in [3.63, 3.8) is 0 Å². The average molecular weight is 468 g/mol. The van der Waals surface area contributed by atoms with Crippen LogP contribution in [-0.2, 0) is 20.0 Å². The fourth-order valence-corrected chi connectivity index (χ4v) is 7.92. The maximum Gasteiger partial charge on any atom is 0.339 e. The normalized spacial score (nSPS) is 13.1. The number of benzene rings is 2. The largest absolute Gasteiger partial charge is 0.399 e. The highest BCUT2D eigenvalue weighted by molar-refractivity contribution is 9.10. The molecular formula is C20H23BrNO3PS. The minimum atomic E-state index is -3.37. The lowest BCUT2D eigenvalue weighted by Crippen LogP contribution is -2.09. The summed E-state index contributed by atoms with van der Waals surface area (Å²) in [6, 6.07) is 15.8. The van der Waals surface area contributed by atoms with Crippen molar-refractivity contribution in [2.45, 2.75) is 25.9 Å².